The molecule has 7 nitrogen and oxygen atoms in total. The average Bonchev–Trinajstić information content (AvgIpc) is 3.41. The van der Waals surface area contributed by atoms with Gasteiger partial charge in [0.15, 0.2) is 17.5 Å². The van der Waals surface area contributed by atoms with Gasteiger partial charge in [-0.15, -0.1) is 0 Å². The van der Waals surface area contributed by atoms with Gasteiger partial charge in [-0.2, -0.15) is 0 Å². The molecule has 7 heteroatoms. The van der Waals surface area contributed by atoms with E-state index < -0.39 is 0 Å². The first-order chi connectivity index (χ1) is 25.1. The predicted octanol–water partition coefficient (Wildman–Crippen LogP) is 9.81. The Morgan fingerprint density at radius 1 is 0.627 bits per heavy atom. The van der Waals surface area contributed by atoms with Crippen molar-refractivity contribution >= 4 is 51.5 Å². The molecule has 1 aliphatic carbocycles. The van der Waals surface area contributed by atoms with Crippen LogP contribution in [0.5, 0.6) is 0 Å². The minimum atomic E-state index is -0.266. The quantitative estimate of drug-likeness (QED) is 0.187. The summed E-state index contributed by atoms with van der Waals surface area (Å²) in [7, 11) is 0. The van der Waals surface area contributed by atoms with E-state index in [1.165, 1.54) is 39.3 Å². The topological polar surface area (TPSA) is 51.6 Å². The van der Waals surface area contributed by atoms with Crippen LogP contribution in [0.2, 0.25) is 0 Å². The molecule has 4 aromatic carbocycles. The largest absolute Gasteiger partial charge is 0.317 e. The molecule has 0 spiro atoms. The number of aryl methyl sites for hydroxylation is 1. The van der Waals surface area contributed by atoms with E-state index in [4.69, 9.17) is 15.0 Å². The van der Waals surface area contributed by atoms with Crippen LogP contribution in [0, 0.1) is 5.41 Å². The zero-order valence-corrected chi connectivity index (χ0v) is 28.9. The fourth-order valence-corrected chi connectivity index (χ4v) is 10.1. The van der Waals surface area contributed by atoms with Crippen molar-refractivity contribution in [3.8, 4) is 0 Å². The number of pyridine rings is 1. The molecular formula is C44H37N7. The summed E-state index contributed by atoms with van der Waals surface area (Å²) in [6.07, 6.45) is 5.56. The summed E-state index contributed by atoms with van der Waals surface area (Å²) in [4.78, 5) is 25.4. The Morgan fingerprint density at radius 3 is 2.06 bits per heavy atom. The maximum absolute atomic E-state index is 5.30. The second-order valence-electron chi connectivity index (χ2n) is 14.6. The van der Waals surface area contributed by atoms with Crippen LogP contribution in [0.3, 0.4) is 0 Å². The van der Waals surface area contributed by atoms with E-state index in [-0.39, 0.29) is 23.2 Å². The molecule has 51 heavy (non-hydrogen) atoms. The van der Waals surface area contributed by atoms with Gasteiger partial charge in [-0.3, -0.25) is 0 Å². The van der Waals surface area contributed by atoms with Gasteiger partial charge in [0.2, 0.25) is 0 Å². The highest BCUT2D eigenvalue weighted by atomic mass is 15.5. The van der Waals surface area contributed by atoms with Crippen molar-refractivity contribution in [1.29, 1.82) is 0 Å². The third-order valence-electron chi connectivity index (χ3n) is 12.4. The number of hydrogen-bond acceptors (Lipinski definition) is 7. The highest BCUT2D eigenvalue weighted by molar-refractivity contribution is 5.99. The number of aromatic nitrogens is 3. The predicted molar refractivity (Wildman–Crippen MR) is 205 cm³/mol. The molecule has 0 saturated heterocycles. The number of benzene rings is 4. The number of fused-ring (bicyclic) bond motifs is 13. The lowest BCUT2D eigenvalue weighted by atomic mass is 9.81. The fourth-order valence-electron chi connectivity index (χ4n) is 10.1. The average molecular weight is 664 g/mol. The minimum absolute atomic E-state index is 0.0392. The molecule has 1 saturated carbocycles. The lowest BCUT2D eigenvalue weighted by molar-refractivity contribution is 0.376. The van der Waals surface area contributed by atoms with Crippen molar-refractivity contribution in [2.45, 2.75) is 51.4 Å². The van der Waals surface area contributed by atoms with E-state index in [2.05, 4.69) is 162 Å². The van der Waals surface area contributed by atoms with E-state index in [9.17, 15) is 0 Å². The molecule has 2 aromatic heterocycles. The minimum Gasteiger partial charge on any atom is -0.317 e. The normalized spacial score (nSPS) is 26.1. The lowest BCUT2D eigenvalue weighted by Crippen LogP contribution is -2.50. The zero-order valence-electron chi connectivity index (χ0n) is 28.9. The Labute approximate surface area is 298 Å². The van der Waals surface area contributed by atoms with Gasteiger partial charge in [-0.25, -0.2) is 15.0 Å². The monoisotopic (exact) mass is 663 g/mol. The van der Waals surface area contributed by atoms with Crippen LogP contribution >= 0.6 is 0 Å². The van der Waals surface area contributed by atoms with Gasteiger partial charge >= 0.3 is 0 Å². The lowest BCUT2D eigenvalue weighted by Gasteiger charge is -2.43. The first kappa shape index (κ1) is 28.8. The molecule has 248 valence electrons. The second-order valence-corrected chi connectivity index (χ2v) is 14.6. The van der Waals surface area contributed by atoms with Crippen molar-refractivity contribution in [3.63, 3.8) is 0 Å². The number of rotatable bonds is 3. The summed E-state index contributed by atoms with van der Waals surface area (Å²) in [6.45, 7) is 7.15. The molecule has 0 N–H and O–H groups in total. The van der Waals surface area contributed by atoms with Gasteiger partial charge < -0.3 is 19.6 Å². The summed E-state index contributed by atoms with van der Waals surface area (Å²) in [5, 5.41) is 0. The summed E-state index contributed by atoms with van der Waals surface area (Å²) >= 11 is 0. The van der Waals surface area contributed by atoms with Gasteiger partial charge in [0.25, 0.3) is 0 Å². The highest BCUT2D eigenvalue weighted by Gasteiger charge is 2.78. The van der Waals surface area contributed by atoms with E-state index >= 15 is 0 Å². The molecule has 1 fully saturated rings. The van der Waals surface area contributed by atoms with Crippen molar-refractivity contribution < 1.29 is 0 Å². The van der Waals surface area contributed by atoms with E-state index in [0.29, 0.717) is 0 Å². The molecule has 6 aromatic rings. The third-order valence-corrected chi connectivity index (χ3v) is 12.4. The molecular weight excluding hydrogens is 627 g/mol. The third kappa shape index (κ3) is 3.51. The van der Waals surface area contributed by atoms with E-state index in [1.54, 1.807) is 0 Å². The maximum Gasteiger partial charge on any atom is 0.178 e. The van der Waals surface area contributed by atoms with Crippen molar-refractivity contribution in [3.05, 3.63) is 156 Å². The Balaban J connectivity index is 1.18. The van der Waals surface area contributed by atoms with Crippen molar-refractivity contribution in [2.75, 3.05) is 19.6 Å². The molecule has 0 bridgehead atoms. The van der Waals surface area contributed by atoms with E-state index in [1.807, 2.05) is 12.4 Å². The summed E-state index contributed by atoms with van der Waals surface area (Å²) < 4.78 is 0. The number of nitrogens with zero attached hydrogens (tertiary/aromatic N) is 7. The first-order valence-electron chi connectivity index (χ1n) is 18.1. The summed E-state index contributed by atoms with van der Waals surface area (Å²) in [6, 6.07) is 43.9. The Morgan fingerprint density at radius 2 is 1.29 bits per heavy atom. The van der Waals surface area contributed by atoms with Crippen LogP contribution in [0.1, 0.15) is 44.0 Å². The number of anilines is 8. The van der Waals surface area contributed by atoms with Gasteiger partial charge in [0, 0.05) is 46.1 Å². The molecule has 0 amide bonds. The standard InChI is InChI=1S/C44H37N7/c1-4-28-27-46-40-41(47-28)49(30-18-9-6-10-19-30)42-44(3)38(43(44,2)33-21-12-14-23-35(33)51(40)42)32-26-37-48(29-16-7-5-8-17-29)36-24-15-25-45-39(36)50(37)34-22-13-11-20-31(32)34/h5-25,27,37,42H,4,26H2,1-3H3/b38-32-. The molecule has 4 aliphatic heterocycles. The van der Waals surface area contributed by atoms with Gasteiger partial charge in [-0.1, -0.05) is 93.6 Å². The van der Waals surface area contributed by atoms with Crippen LogP contribution in [0.15, 0.2) is 139 Å². The fraction of sp³-hybridized carbons (Fsp3) is 0.205. The highest BCUT2D eigenvalue weighted by Crippen LogP contribution is 2.80. The second kappa shape index (κ2) is 10.1. The number of para-hydroxylation sites is 4. The van der Waals surface area contributed by atoms with Crippen LogP contribution in [0.4, 0.5) is 45.9 Å². The molecule has 11 rings (SSSR count). The van der Waals surface area contributed by atoms with Crippen LogP contribution < -0.4 is 19.6 Å². The Bertz CT molecular complexity index is 2430. The van der Waals surface area contributed by atoms with Crippen LogP contribution in [-0.4, -0.2) is 27.3 Å². The molecule has 4 atom stereocenters. The maximum atomic E-state index is 5.30. The summed E-state index contributed by atoms with van der Waals surface area (Å²) in [5.41, 5.74) is 12.0. The van der Waals surface area contributed by atoms with Gasteiger partial charge in [0.1, 0.15) is 12.3 Å². The van der Waals surface area contributed by atoms with Gasteiger partial charge in [-0.05, 0) is 71.7 Å². The molecule has 4 unspecified atom stereocenters. The Hall–Kier alpha value is -5.95. The zero-order chi connectivity index (χ0) is 34.1. The number of hydrogen-bond donors (Lipinski definition) is 0. The van der Waals surface area contributed by atoms with Crippen molar-refractivity contribution in [2.24, 2.45) is 5.41 Å². The van der Waals surface area contributed by atoms with Gasteiger partial charge in [0.05, 0.1) is 23.3 Å². The first-order valence-corrected chi connectivity index (χ1v) is 18.1. The Kier molecular flexibility index (Phi) is 5.69. The molecule has 6 heterocycles. The van der Waals surface area contributed by atoms with Crippen molar-refractivity contribution in [1.82, 2.24) is 15.0 Å². The smallest absolute Gasteiger partial charge is 0.178 e. The molecule has 5 aliphatic rings. The molecule has 0 radical (unpaired) electrons. The van der Waals surface area contributed by atoms with Crippen LogP contribution in [-0.2, 0) is 11.8 Å². The summed E-state index contributed by atoms with van der Waals surface area (Å²) in [5.74, 6) is 2.87. The van der Waals surface area contributed by atoms with Crippen LogP contribution in [0.25, 0.3) is 5.57 Å². The van der Waals surface area contributed by atoms with E-state index in [0.717, 1.165) is 47.4 Å². The SMILES string of the molecule is CCc1cnc2c(n1)N(c1ccccc1)C1N2c2ccccc2C2(C)/C(=C3\CC4N(c5ccccc5)c5cccnc5N4c4ccccc43)C12C.